The van der Waals surface area contributed by atoms with E-state index < -0.39 is 0 Å². The van der Waals surface area contributed by atoms with E-state index in [0.29, 0.717) is 38.7 Å². The fraction of sp³-hybridized carbons (Fsp3) is 0.174. The predicted octanol–water partition coefficient (Wildman–Crippen LogP) is 3.21. The molecule has 0 aliphatic rings. The first-order valence-corrected chi connectivity index (χ1v) is 13.0. The third kappa shape index (κ3) is 5.98. The molecule has 0 radical (unpaired) electrons. The van der Waals surface area contributed by atoms with Crippen LogP contribution >= 0.6 is 23.5 Å². The summed E-state index contributed by atoms with van der Waals surface area (Å²) in [6.07, 6.45) is 3.17. The van der Waals surface area contributed by atoms with Crippen LogP contribution in [0.25, 0.3) is 22.6 Å². The van der Waals surface area contributed by atoms with Crippen molar-refractivity contribution in [3.63, 3.8) is 0 Å². The Bertz CT molecular complexity index is 1560. The van der Waals surface area contributed by atoms with Crippen molar-refractivity contribution in [3.8, 4) is 11.5 Å². The van der Waals surface area contributed by atoms with E-state index in [1.807, 2.05) is 26.2 Å². The maximum Gasteiger partial charge on any atom is 0.234 e. The molecule has 12 nitrogen and oxygen atoms in total. The molecule has 0 saturated heterocycles. The molecule has 0 atom stereocenters. The Morgan fingerprint density at radius 3 is 1.97 bits per heavy atom. The lowest BCUT2D eigenvalue weighted by Gasteiger charge is -2.05. The number of fused-ring (bicyclic) bond motifs is 1. The van der Waals surface area contributed by atoms with Crippen LogP contribution < -0.4 is 10.6 Å². The minimum absolute atomic E-state index is 0.146. The number of aromatic nitrogens is 7. The van der Waals surface area contributed by atoms with Crippen molar-refractivity contribution in [2.45, 2.75) is 10.3 Å². The van der Waals surface area contributed by atoms with E-state index in [-0.39, 0.29) is 23.3 Å². The normalized spacial score (nSPS) is 11.1. The van der Waals surface area contributed by atoms with Crippen molar-refractivity contribution >= 4 is 57.8 Å². The Morgan fingerprint density at radius 1 is 0.838 bits per heavy atom. The minimum atomic E-state index is -0.163. The Morgan fingerprint density at radius 2 is 1.41 bits per heavy atom. The third-order valence-electron chi connectivity index (χ3n) is 5.09. The number of oxazole rings is 1. The molecule has 5 aromatic rings. The lowest BCUT2D eigenvalue weighted by Crippen LogP contribution is -2.14. The van der Waals surface area contributed by atoms with Gasteiger partial charge in [-0.2, -0.15) is 0 Å². The van der Waals surface area contributed by atoms with E-state index in [1.54, 1.807) is 52.1 Å². The third-order valence-corrected chi connectivity index (χ3v) is 7.16. The number of nitrogens with zero attached hydrogens (tertiary/aromatic N) is 7. The van der Waals surface area contributed by atoms with E-state index in [2.05, 4.69) is 36.0 Å². The largest absolute Gasteiger partial charge is 0.436 e. The number of thioether (sulfide) groups is 2. The van der Waals surface area contributed by atoms with Gasteiger partial charge < -0.3 is 24.2 Å². The van der Waals surface area contributed by atoms with Crippen LogP contribution in [0.1, 0.15) is 0 Å². The summed E-state index contributed by atoms with van der Waals surface area (Å²) in [6, 6.07) is 12.5. The highest BCUT2D eigenvalue weighted by Gasteiger charge is 2.12. The highest BCUT2D eigenvalue weighted by molar-refractivity contribution is 8.00. The Hall–Kier alpha value is -4.17. The van der Waals surface area contributed by atoms with Crippen molar-refractivity contribution in [2.24, 2.45) is 14.1 Å². The van der Waals surface area contributed by atoms with Gasteiger partial charge in [-0.3, -0.25) is 9.59 Å². The van der Waals surface area contributed by atoms with Gasteiger partial charge in [-0.1, -0.05) is 23.5 Å². The quantitative estimate of drug-likeness (QED) is 0.270. The smallest absolute Gasteiger partial charge is 0.234 e. The summed E-state index contributed by atoms with van der Waals surface area (Å²) in [5.74, 6) is 0.552. The molecule has 0 fully saturated rings. The van der Waals surface area contributed by atoms with Gasteiger partial charge in [0.25, 0.3) is 0 Å². The van der Waals surface area contributed by atoms with Crippen LogP contribution in [0.15, 0.2) is 69.8 Å². The second-order valence-electron chi connectivity index (χ2n) is 7.90. The molecule has 3 heterocycles. The van der Waals surface area contributed by atoms with E-state index in [1.165, 1.54) is 23.5 Å². The highest BCUT2D eigenvalue weighted by atomic mass is 32.2. The SMILES string of the molecule is Cn1cnnc1SCC(=O)Nc1ccc(-c2nc3cc(NC(=O)CSc4nncn4C)ccc3o2)cc1. The van der Waals surface area contributed by atoms with Crippen LogP contribution in [-0.4, -0.2) is 57.8 Å². The van der Waals surface area contributed by atoms with Crippen molar-refractivity contribution in [1.82, 2.24) is 34.5 Å². The van der Waals surface area contributed by atoms with Crippen molar-refractivity contribution in [1.29, 1.82) is 0 Å². The summed E-state index contributed by atoms with van der Waals surface area (Å²) >= 11 is 2.61. The summed E-state index contributed by atoms with van der Waals surface area (Å²) < 4.78 is 9.39. The molecular formula is C23H21N9O3S2. The number of rotatable bonds is 9. The standard InChI is InChI=1S/C23H21N9O3S2/c1-31-12-24-29-22(31)36-10-19(33)26-15-5-3-14(4-6-15)21-28-17-9-16(7-8-18(17)35-21)27-20(34)11-37-23-30-25-13-32(23)2/h3-9,12-13H,10-11H2,1-2H3,(H,26,33)(H,27,34). The summed E-state index contributed by atoms with van der Waals surface area (Å²) in [7, 11) is 3.65. The average Bonchev–Trinajstić information content (AvgIpc) is 3.61. The molecule has 0 unspecified atom stereocenters. The summed E-state index contributed by atoms with van der Waals surface area (Å²) in [6.45, 7) is 0. The first-order chi connectivity index (χ1) is 17.9. The van der Waals surface area contributed by atoms with Crippen LogP contribution in [0.5, 0.6) is 0 Å². The Balaban J connectivity index is 1.18. The summed E-state index contributed by atoms with van der Waals surface area (Å²) in [5, 5.41) is 22.6. The molecule has 0 aliphatic carbocycles. The van der Waals surface area contributed by atoms with Crippen LogP contribution in [0, 0.1) is 0 Å². The number of nitrogens with one attached hydrogen (secondary N) is 2. The van der Waals surface area contributed by atoms with Crippen LogP contribution in [0.3, 0.4) is 0 Å². The van der Waals surface area contributed by atoms with Crippen molar-refractivity contribution < 1.29 is 14.0 Å². The first kappa shape index (κ1) is 24.5. The van der Waals surface area contributed by atoms with Gasteiger partial charge in [0.15, 0.2) is 15.9 Å². The zero-order valence-corrected chi connectivity index (χ0v) is 21.4. The molecule has 3 aromatic heterocycles. The van der Waals surface area contributed by atoms with Gasteiger partial charge in [-0.25, -0.2) is 4.98 Å². The number of carbonyl (C=O) groups excluding carboxylic acids is 2. The van der Waals surface area contributed by atoms with E-state index >= 15 is 0 Å². The maximum atomic E-state index is 12.3. The van der Waals surface area contributed by atoms with Crippen LogP contribution in [-0.2, 0) is 23.7 Å². The Labute approximate surface area is 219 Å². The van der Waals surface area contributed by atoms with Gasteiger partial charge >= 0.3 is 0 Å². The number of aryl methyl sites for hydroxylation is 2. The number of carbonyl (C=O) groups is 2. The van der Waals surface area contributed by atoms with Crippen LogP contribution in [0.2, 0.25) is 0 Å². The van der Waals surface area contributed by atoms with E-state index in [4.69, 9.17) is 4.42 Å². The molecule has 0 bridgehead atoms. The maximum absolute atomic E-state index is 12.3. The Kier molecular flexibility index (Phi) is 7.18. The molecule has 0 saturated carbocycles. The molecule has 0 aliphatic heterocycles. The molecule has 37 heavy (non-hydrogen) atoms. The average molecular weight is 536 g/mol. The molecule has 14 heteroatoms. The number of anilines is 2. The van der Waals surface area contributed by atoms with Gasteiger partial charge in [-0.15, -0.1) is 20.4 Å². The van der Waals surface area contributed by atoms with Gasteiger partial charge in [0.05, 0.1) is 11.5 Å². The number of amides is 2. The van der Waals surface area contributed by atoms with Crippen LogP contribution in [0.4, 0.5) is 11.4 Å². The summed E-state index contributed by atoms with van der Waals surface area (Å²) in [5.41, 5.74) is 3.25. The van der Waals surface area contributed by atoms with Crippen molar-refractivity contribution in [3.05, 3.63) is 55.1 Å². The first-order valence-electron chi connectivity index (χ1n) is 11.0. The van der Waals surface area contributed by atoms with Gasteiger partial charge in [0.1, 0.15) is 18.2 Å². The molecule has 2 amide bonds. The molecule has 188 valence electrons. The second-order valence-corrected chi connectivity index (χ2v) is 9.79. The lowest BCUT2D eigenvalue weighted by atomic mass is 10.2. The lowest BCUT2D eigenvalue weighted by molar-refractivity contribution is -0.114. The number of hydrogen-bond donors (Lipinski definition) is 2. The molecule has 0 spiro atoms. The van der Waals surface area contributed by atoms with Crippen molar-refractivity contribution in [2.75, 3.05) is 22.1 Å². The fourth-order valence-electron chi connectivity index (χ4n) is 3.29. The second kappa shape index (κ2) is 10.8. The highest BCUT2D eigenvalue weighted by Crippen LogP contribution is 2.27. The molecule has 2 N–H and O–H groups in total. The van der Waals surface area contributed by atoms with Gasteiger partial charge in [-0.05, 0) is 42.5 Å². The minimum Gasteiger partial charge on any atom is -0.436 e. The summed E-state index contributed by atoms with van der Waals surface area (Å²) in [4.78, 5) is 29.1. The topological polar surface area (TPSA) is 146 Å². The molecular weight excluding hydrogens is 514 g/mol. The monoisotopic (exact) mass is 535 g/mol. The fourth-order valence-corrected chi connectivity index (χ4v) is 4.66. The van der Waals surface area contributed by atoms with E-state index in [9.17, 15) is 9.59 Å². The number of hydrogen-bond acceptors (Lipinski definition) is 10. The van der Waals surface area contributed by atoms with Gasteiger partial charge in [0.2, 0.25) is 17.7 Å². The number of benzene rings is 2. The van der Waals surface area contributed by atoms with E-state index in [0.717, 1.165) is 5.56 Å². The predicted molar refractivity (Wildman–Crippen MR) is 140 cm³/mol. The molecule has 2 aromatic carbocycles. The zero-order valence-electron chi connectivity index (χ0n) is 19.8. The molecule has 5 rings (SSSR count). The zero-order chi connectivity index (χ0) is 25.8. The van der Waals surface area contributed by atoms with Gasteiger partial charge in [0, 0.05) is 31.0 Å².